The second kappa shape index (κ2) is 5.90. The summed E-state index contributed by atoms with van der Waals surface area (Å²) < 4.78 is 0. The highest BCUT2D eigenvalue weighted by Crippen LogP contribution is 2.36. The fourth-order valence-corrected chi connectivity index (χ4v) is 3.87. The van der Waals surface area contributed by atoms with Gasteiger partial charge in [-0.1, -0.05) is 42.5 Å². The third kappa shape index (κ3) is 2.79. The van der Waals surface area contributed by atoms with Crippen molar-refractivity contribution >= 4 is 29.1 Å². The molecule has 3 nitrogen and oxygen atoms in total. The third-order valence-corrected chi connectivity index (χ3v) is 5.14. The van der Waals surface area contributed by atoms with E-state index in [1.807, 2.05) is 4.90 Å². The van der Waals surface area contributed by atoms with E-state index in [1.54, 1.807) is 6.07 Å². The molecule has 1 saturated carbocycles. The molecule has 1 aliphatic carbocycles. The Labute approximate surface area is 129 Å². The van der Waals surface area contributed by atoms with Crippen molar-refractivity contribution in [2.24, 2.45) is 11.8 Å². The van der Waals surface area contributed by atoms with E-state index < -0.39 is 0 Å². The van der Waals surface area contributed by atoms with Crippen molar-refractivity contribution in [1.82, 2.24) is 9.88 Å². The normalized spacial score (nSPS) is 26.2. The van der Waals surface area contributed by atoms with Crippen LogP contribution in [-0.2, 0) is 0 Å². The maximum absolute atomic E-state index is 12.6. The van der Waals surface area contributed by atoms with Crippen LogP contribution >= 0.6 is 23.2 Å². The van der Waals surface area contributed by atoms with Gasteiger partial charge in [0.05, 0.1) is 10.6 Å². The zero-order chi connectivity index (χ0) is 14.1. The van der Waals surface area contributed by atoms with Crippen molar-refractivity contribution in [3.8, 4) is 0 Å². The number of rotatable bonds is 1. The Morgan fingerprint density at radius 1 is 1.20 bits per heavy atom. The molecule has 0 bridgehead atoms. The Morgan fingerprint density at radius 2 is 1.95 bits per heavy atom. The summed E-state index contributed by atoms with van der Waals surface area (Å²) in [6.07, 6.45) is 7.79. The van der Waals surface area contributed by atoms with E-state index in [0.717, 1.165) is 25.4 Å². The van der Waals surface area contributed by atoms with Crippen LogP contribution in [0, 0.1) is 11.8 Å². The van der Waals surface area contributed by atoms with Crippen molar-refractivity contribution in [3.63, 3.8) is 0 Å². The van der Waals surface area contributed by atoms with Gasteiger partial charge < -0.3 is 4.90 Å². The zero-order valence-corrected chi connectivity index (χ0v) is 12.8. The van der Waals surface area contributed by atoms with Gasteiger partial charge in [-0.2, -0.15) is 0 Å². The van der Waals surface area contributed by atoms with Crippen LogP contribution in [0.1, 0.15) is 42.5 Å². The Morgan fingerprint density at radius 3 is 2.75 bits per heavy atom. The van der Waals surface area contributed by atoms with Gasteiger partial charge in [0.15, 0.2) is 0 Å². The highest BCUT2D eigenvalue weighted by atomic mass is 35.5. The maximum Gasteiger partial charge on any atom is 0.255 e. The minimum Gasteiger partial charge on any atom is -0.338 e. The first kappa shape index (κ1) is 14.2. The Bertz CT molecular complexity index is 521. The number of nitrogens with zero attached hydrogens (tertiary/aromatic N) is 2. The van der Waals surface area contributed by atoms with E-state index >= 15 is 0 Å². The lowest BCUT2D eigenvalue weighted by atomic mass is 9.75. The number of hydrogen-bond acceptors (Lipinski definition) is 2. The highest BCUT2D eigenvalue weighted by Gasteiger charge is 2.33. The van der Waals surface area contributed by atoms with E-state index in [-0.39, 0.29) is 5.91 Å². The minimum absolute atomic E-state index is 0.0108. The molecule has 2 fully saturated rings. The highest BCUT2D eigenvalue weighted by molar-refractivity contribution is 6.35. The molecular weight excluding hydrogens is 295 g/mol. The second-order valence-corrected chi connectivity index (χ2v) is 6.63. The van der Waals surface area contributed by atoms with Crippen molar-refractivity contribution in [3.05, 3.63) is 28.0 Å². The lowest BCUT2D eigenvalue weighted by Gasteiger charge is -2.41. The minimum atomic E-state index is -0.0108. The van der Waals surface area contributed by atoms with Crippen LogP contribution in [0.2, 0.25) is 10.2 Å². The van der Waals surface area contributed by atoms with Gasteiger partial charge in [-0.05, 0) is 30.7 Å². The Hall–Kier alpha value is -0.800. The lowest BCUT2D eigenvalue weighted by molar-refractivity contribution is 0.0521. The van der Waals surface area contributed by atoms with Crippen molar-refractivity contribution in [2.75, 3.05) is 13.1 Å². The smallest absolute Gasteiger partial charge is 0.255 e. The summed E-state index contributed by atoms with van der Waals surface area (Å²) in [5.41, 5.74) is 0.473. The number of amides is 1. The molecule has 108 valence electrons. The molecule has 2 unspecified atom stereocenters. The van der Waals surface area contributed by atoms with Crippen LogP contribution in [0.4, 0.5) is 0 Å². The predicted molar refractivity (Wildman–Crippen MR) is 80.2 cm³/mol. The molecule has 2 heterocycles. The third-order valence-electron chi connectivity index (χ3n) is 4.63. The molecule has 1 amide bonds. The molecule has 1 aliphatic heterocycles. The molecule has 1 aromatic rings. The number of likely N-dealkylation sites (tertiary alicyclic amines) is 1. The van der Waals surface area contributed by atoms with Crippen LogP contribution in [-0.4, -0.2) is 28.9 Å². The fourth-order valence-electron chi connectivity index (χ4n) is 3.53. The Balaban J connectivity index is 1.76. The summed E-state index contributed by atoms with van der Waals surface area (Å²) >= 11 is 11.9. The van der Waals surface area contributed by atoms with Gasteiger partial charge in [0, 0.05) is 19.3 Å². The molecule has 2 atom stereocenters. The van der Waals surface area contributed by atoms with Crippen molar-refractivity contribution in [2.45, 2.75) is 32.1 Å². The average molecular weight is 313 g/mol. The van der Waals surface area contributed by atoms with Gasteiger partial charge in [-0.25, -0.2) is 4.98 Å². The average Bonchev–Trinajstić information content (AvgIpc) is 2.48. The van der Waals surface area contributed by atoms with Gasteiger partial charge >= 0.3 is 0 Å². The quantitative estimate of drug-likeness (QED) is 0.733. The molecule has 0 spiro atoms. The maximum atomic E-state index is 12.6. The van der Waals surface area contributed by atoms with Crippen LogP contribution in [0.25, 0.3) is 0 Å². The van der Waals surface area contributed by atoms with Crippen molar-refractivity contribution < 1.29 is 4.79 Å². The summed E-state index contributed by atoms with van der Waals surface area (Å²) in [5.74, 6) is 1.46. The largest absolute Gasteiger partial charge is 0.338 e. The summed E-state index contributed by atoms with van der Waals surface area (Å²) in [6.45, 7) is 1.69. The van der Waals surface area contributed by atoms with Crippen molar-refractivity contribution in [1.29, 1.82) is 0 Å². The number of carbonyl (C=O) groups is 1. The number of carbonyl (C=O) groups excluding carboxylic acids is 1. The van der Waals surface area contributed by atoms with E-state index in [4.69, 9.17) is 23.2 Å². The topological polar surface area (TPSA) is 33.2 Å². The molecule has 20 heavy (non-hydrogen) atoms. The van der Waals surface area contributed by atoms with Gasteiger partial charge in [0.25, 0.3) is 5.91 Å². The van der Waals surface area contributed by atoms with Crippen LogP contribution < -0.4 is 0 Å². The SMILES string of the molecule is O=C(c1cc(Cl)ncc1Cl)N1CCC2CCCCC2C1. The van der Waals surface area contributed by atoms with E-state index in [2.05, 4.69) is 4.98 Å². The fraction of sp³-hybridized carbons (Fsp3) is 0.600. The molecular formula is C15H18Cl2N2O. The summed E-state index contributed by atoms with van der Waals surface area (Å²) in [7, 11) is 0. The molecule has 3 rings (SSSR count). The van der Waals surface area contributed by atoms with Gasteiger partial charge in [-0.3, -0.25) is 4.79 Å². The molecule has 0 radical (unpaired) electrons. The first-order chi connectivity index (χ1) is 9.65. The lowest BCUT2D eigenvalue weighted by Crippen LogP contribution is -2.44. The van der Waals surface area contributed by atoms with Gasteiger partial charge in [0.2, 0.25) is 0 Å². The number of pyridine rings is 1. The predicted octanol–water partition coefficient (Wildman–Crippen LogP) is 4.04. The monoisotopic (exact) mass is 312 g/mol. The summed E-state index contributed by atoms with van der Waals surface area (Å²) in [5, 5.41) is 0.690. The van der Waals surface area contributed by atoms with E-state index in [0.29, 0.717) is 21.7 Å². The first-order valence-corrected chi connectivity index (χ1v) is 8.01. The molecule has 5 heteroatoms. The Kier molecular flexibility index (Phi) is 4.18. The number of fused-ring (bicyclic) bond motifs is 1. The molecule has 0 N–H and O–H groups in total. The number of piperidine rings is 1. The summed E-state index contributed by atoms with van der Waals surface area (Å²) in [6, 6.07) is 1.57. The van der Waals surface area contributed by atoms with Crippen LogP contribution in [0.3, 0.4) is 0 Å². The second-order valence-electron chi connectivity index (χ2n) is 5.83. The van der Waals surface area contributed by atoms with Gasteiger partial charge in [-0.15, -0.1) is 0 Å². The molecule has 1 aromatic heterocycles. The number of aromatic nitrogens is 1. The van der Waals surface area contributed by atoms with E-state index in [1.165, 1.54) is 31.9 Å². The van der Waals surface area contributed by atoms with E-state index in [9.17, 15) is 4.79 Å². The molecule has 0 aromatic carbocycles. The standard InChI is InChI=1S/C15H18Cl2N2O/c16-13-8-18-14(17)7-12(13)15(20)19-6-5-10-3-1-2-4-11(10)9-19/h7-8,10-11H,1-6,9H2. The van der Waals surface area contributed by atoms with Crippen LogP contribution in [0.15, 0.2) is 12.3 Å². The number of hydrogen-bond donors (Lipinski definition) is 0. The molecule has 2 aliphatic rings. The first-order valence-electron chi connectivity index (χ1n) is 7.25. The number of halogens is 2. The van der Waals surface area contributed by atoms with Crippen LogP contribution in [0.5, 0.6) is 0 Å². The molecule has 1 saturated heterocycles. The summed E-state index contributed by atoms with van der Waals surface area (Å²) in [4.78, 5) is 18.4. The van der Waals surface area contributed by atoms with Gasteiger partial charge in [0.1, 0.15) is 5.15 Å². The zero-order valence-electron chi connectivity index (χ0n) is 11.3.